The highest BCUT2D eigenvalue weighted by Gasteiger charge is 2.51. The van der Waals surface area contributed by atoms with E-state index in [1.54, 1.807) is 0 Å². The van der Waals surface area contributed by atoms with E-state index in [2.05, 4.69) is 5.32 Å². The zero-order valence-electron chi connectivity index (χ0n) is 9.67. The van der Waals surface area contributed by atoms with Crippen molar-refractivity contribution < 1.29 is 10.0 Å². The minimum atomic E-state index is -0.412. The van der Waals surface area contributed by atoms with Crippen LogP contribution < -0.4 is 5.32 Å². The summed E-state index contributed by atoms with van der Waals surface area (Å²) in [7, 11) is 0. The zero-order valence-corrected chi connectivity index (χ0v) is 11.8. The smallest absolute Gasteiger partial charge is 0.230 e. The van der Waals surface area contributed by atoms with Crippen LogP contribution in [0, 0.1) is 0 Å². The van der Waals surface area contributed by atoms with Crippen molar-refractivity contribution in [3.05, 3.63) is 0 Å². The van der Waals surface area contributed by atoms with Gasteiger partial charge in [-0.1, -0.05) is 22.6 Å². The number of nitrogens with one attached hydrogen (secondary N) is 1. The van der Waals surface area contributed by atoms with Crippen LogP contribution in [0.2, 0.25) is 0 Å². The van der Waals surface area contributed by atoms with Gasteiger partial charge in [-0.2, -0.15) is 5.06 Å². The second kappa shape index (κ2) is 4.18. The van der Waals surface area contributed by atoms with Crippen LogP contribution >= 0.6 is 22.6 Å². The molecule has 4 nitrogen and oxygen atoms in total. The number of rotatable bonds is 2. The van der Waals surface area contributed by atoms with E-state index in [4.69, 9.17) is 0 Å². The van der Waals surface area contributed by atoms with Crippen LogP contribution in [0.25, 0.3) is 0 Å². The lowest BCUT2D eigenvalue weighted by molar-refractivity contribution is -0.194. The Labute approximate surface area is 104 Å². The minimum Gasteiger partial charge on any atom is -0.351 e. The Morgan fingerprint density at radius 2 is 2.07 bits per heavy atom. The second-order valence-electron chi connectivity index (χ2n) is 5.24. The van der Waals surface area contributed by atoms with E-state index in [0.29, 0.717) is 4.43 Å². The molecule has 1 amide bonds. The highest BCUT2D eigenvalue weighted by atomic mass is 127. The van der Waals surface area contributed by atoms with Gasteiger partial charge in [0.15, 0.2) is 0 Å². The molecule has 0 aromatic rings. The van der Waals surface area contributed by atoms with Gasteiger partial charge in [-0.3, -0.25) is 4.79 Å². The van der Waals surface area contributed by atoms with E-state index in [9.17, 15) is 10.0 Å². The Kier molecular flexibility index (Phi) is 3.67. The van der Waals surface area contributed by atoms with Crippen molar-refractivity contribution in [2.24, 2.45) is 0 Å². The third-order valence-electron chi connectivity index (χ3n) is 3.13. The summed E-state index contributed by atoms with van der Waals surface area (Å²) >= 11 is 2.04. The van der Waals surface area contributed by atoms with Gasteiger partial charge in [0, 0.05) is 5.54 Å². The summed E-state index contributed by atoms with van der Waals surface area (Å²) in [5, 5.41) is 14.3. The fourth-order valence-electron chi connectivity index (χ4n) is 2.22. The van der Waals surface area contributed by atoms with E-state index < -0.39 is 5.54 Å². The predicted octanol–water partition coefficient (Wildman–Crippen LogP) is 1.56. The maximum Gasteiger partial charge on any atom is 0.230 e. The number of hydrogen-bond acceptors (Lipinski definition) is 3. The van der Waals surface area contributed by atoms with Gasteiger partial charge >= 0.3 is 0 Å². The third-order valence-corrected chi connectivity index (χ3v) is 3.83. The number of carbonyl (C=O) groups is 1. The molecule has 2 N–H and O–H groups in total. The number of nitrogens with zero attached hydrogens (tertiary/aromatic N) is 1. The van der Waals surface area contributed by atoms with Crippen molar-refractivity contribution in [1.29, 1.82) is 0 Å². The van der Waals surface area contributed by atoms with Gasteiger partial charge in [0.2, 0.25) is 5.91 Å². The number of carbonyl (C=O) groups excluding carboxylic acids is 1. The van der Waals surface area contributed by atoms with Crippen LogP contribution in [0.4, 0.5) is 0 Å². The lowest BCUT2D eigenvalue weighted by atomic mass is 9.94. The molecule has 0 aliphatic carbocycles. The number of amides is 1. The van der Waals surface area contributed by atoms with E-state index in [1.165, 1.54) is 5.06 Å². The molecule has 1 heterocycles. The van der Waals surface area contributed by atoms with Crippen molar-refractivity contribution in [3.63, 3.8) is 0 Å². The van der Waals surface area contributed by atoms with Crippen LogP contribution in [0.1, 0.15) is 34.1 Å². The Morgan fingerprint density at radius 1 is 1.53 bits per heavy atom. The maximum atomic E-state index is 11.4. The van der Waals surface area contributed by atoms with Gasteiger partial charge in [-0.25, -0.2) is 0 Å². The zero-order chi connectivity index (χ0) is 11.9. The van der Waals surface area contributed by atoms with Crippen LogP contribution in [-0.4, -0.2) is 37.7 Å². The molecule has 88 valence electrons. The SMILES string of the molecule is CC1(C)C[C@@H](NC(=O)CI)C(C)(C)N1O. The van der Waals surface area contributed by atoms with Gasteiger partial charge in [0.1, 0.15) is 0 Å². The molecule has 1 saturated heterocycles. The largest absolute Gasteiger partial charge is 0.351 e. The predicted molar refractivity (Wildman–Crippen MR) is 67.2 cm³/mol. The molecule has 5 heteroatoms. The number of hydroxylamine groups is 2. The van der Waals surface area contributed by atoms with E-state index in [-0.39, 0.29) is 17.5 Å². The normalized spacial score (nSPS) is 29.1. The molecule has 0 saturated carbocycles. The average Bonchev–Trinajstić information content (AvgIpc) is 2.27. The van der Waals surface area contributed by atoms with E-state index in [1.807, 2.05) is 50.3 Å². The van der Waals surface area contributed by atoms with Gasteiger partial charge in [-0.15, -0.1) is 0 Å². The maximum absolute atomic E-state index is 11.4. The first-order valence-corrected chi connectivity index (χ1v) is 6.59. The summed E-state index contributed by atoms with van der Waals surface area (Å²) in [6.45, 7) is 7.84. The first-order valence-electron chi connectivity index (χ1n) is 5.06. The molecular formula is C10H19IN2O2. The van der Waals surface area contributed by atoms with Crippen LogP contribution in [0.5, 0.6) is 0 Å². The first-order chi connectivity index (χ1) is 6.71. The summed E-state index contributed by atoms with van der Waals surface area (Å²) in [6.07, 6.45) is 0.763. The molecular weight excluding hydrogens is 307 g/mol. The van der Waals surface area contributed by atoms with Gasteiger partial charge < -0.3 is 10.5 Å². The Bertz CT molecular complexity index is 266. The van der Waals surface area contributed by atoms with Crippen molar-refractivity contribution in [2.75, 3.05) is 4.43 Å². The number of alkyl halides is 1. The van der Waals surface area contributed by atoms with Gasteiger partial charge in [0.25, 0.3) is 0 Å². The number of hydrogen-bond donors (Lipinski definition) is 2. The highest BCUT2D eigenvalue weighted by molar-refractivity contribution is 14.1. The van der Waals surface area contributed by atoms with Crippen LogP contribution in [0.15, 0.2) is 0 Å². The van der Waals surface area contributed by atoms with Crippen molar-refractivity contribution in [3.8, 4) is 0 Å². The van der Waals surface area contributed by atoms with Crippen molar-refractivity contribution in [1.82, 2.24) is 10.4 Å². The molecule has 0 radical (unpaired) electrons. The standard InChI is InChI=1S/C10H19IN2O2/c1-9(2)5-7(12-8(14)6-11)10(3,4)13(9)15/h7,15H,5-6H2,1-4H3,(H,12,14)/t7-/m1/s1. The molecule has 1 aliphatic rings. The highest BCUT2D eigenvalue weighted by Crippen LogP contribution is 2.38. The molecule has 15 heavy (non-hydrogen) atoms. The quantitative estimate of drug-likeness (QED) is 0.598. The van der Waals surface area contributed by atoms with E-state index in [0.717, 1.165) is 6.42 Å². The molecule has 0 unspecified atom stereocenters. The van der Waals surface area contributed by atoms with Crippen LogP contribution in [-0.2, 0) is 4.79 Å². The lowest BCUT2D eigenvalue weighted by Crippen LogP contribution is -2.53. The Balaban J connectivity index is 2.80. The molecule has 1 rings (SSSR count). The molecule has 1 fully saturated rings. The first kappa shape index (κ1) is 13.2. The third kappa shape index (κ3) is 2.45. The fraction of sp³-hybridized carbons (Fsp3) is 0.900. The summed E-state index contributed by atoms with van der Waals surface area (Å²) in [5.74, 6) is 0.0276. The molecule has 0 aromatic heterocycles. The Morgan fingerprint density at radius 3 is 2.40 bits per heavy atom. The van der Waals surface area contributed by atoms with Crippen molar-refractivity contribution in [2.45, 2.75) is 51.2 Å². The topological polar surface area (TPSA) is 52.6 Å². The average molecular weight is 326 g/mol. The Hall–Kier alpha value is 0.120. The summed E-state index contributed by atoms with van der Waals surface area (Å²) in [4.78, 5) is 11.4. The second-order valence-corrected chi connectivity index (χ2v) is 6.00. The summed E-state index contributed by atoms with van der Waals surface area (Å²) < 4.78 is 0.455. The molecule has 1 atom stereocenters. The molecule has 1 aliphatic heterocycles. The van der Waals surface area contributed by atoms with Crippen molar-refractivity contribution >= 4 is 28.5 Å². The summed E-state index contributed by atoms with van der Waals surface area (Å²) in [6, 6.07) is -0.000217. The molecule has 0 bridgehead atoms. The van der Waals surface area contributed by atoms with Gasteiger partial charge in [0.05, 0.1) is 16.0 Å². The summed E-state index contributed by atoms with van der Waals surface area (Å²) in [5.41, 5.74) is -0.697. The monoisotopic (exact) mass is 326 g/mol. The van der Waals surface area contributed by atoms with E-state index >= 15 is 0 Å². The number of halogens is 1. The minimum absolute atomic E-state index is 0.000217. The van der Waals surface area contributed by atoms with Gasteiger partial charge in [-0.05, 0) is 34.1 Å². The van der Waals surface area contributed by atoms with Crippen LogP contribution in [0.3, 0.4) is 0 Å². The lowest BCUT2D eigenvalue weighted by Gasteiger charge is -2.35. The molecule has 0 aromatic carbocycles. The molecule has 0 spiro atoms. The fourth-order valence-corrected chi connectivity index (χ4v) is 2.44.